The van der Waals surface area contributed by atoms with Gasteiger partial charge in [0.2, 0.25) is 0 Å². The van der Waals surface area contributed by atoms with Crippen LogP contribution in [0.3, 0.4) is 0 Å². The maximum Gasteiger partial charge on any atom is 0.341 e. The third kappa shape index (κ3) is 5.04. The minimum atomic E-state index is -0.954. The van der Waals surface area contributed by atoms with Crippen LogP contribution in [0.1, 0.15) is 43.0 Å². The summed E-state index contributed by atoms with van der Waals surface area (Å²) >= 11 is 0. The lowest BCUT2D eigenvalue weighted by atomic mass is 9.86. The van der Waals surface area contributed by atoms with Gasteiger partial charge in [0.05, 0.1) is 5.56 Å². The van der Waals surface area contributed by atoms with E-state index >= 15 is 0 Å². The predicted molar refractivity (Wildman–Crippen MR) is 84.8 cm³/mol. The first kappa shape index (κ1) is 17.9. The van der Waals surface area contributed by atoms with E-state index in [9.17, 15) is 18.8 Å². The fraction of sp³-hybridized carbons (Fsp3) is 0.471. The zero-order valence-electron chi connectivity index (χ0n) is 13.5. The molecule has 0 heterocycles. The van der Waals surface area contributed by atoms with E-state index in [2.05, 4.69) is 17.6 Å². The fourth-order valence-electron chi connectivity index (χ4n) is 2.73. The van der Waals surface area contributed by atoms with Crippen LogP contribution in [-0.4, -0.2) is 30.6 Å². The van der Waals surface area contributed by atoms with Crippen LogP contribution in [0.25, 0.3) is 0 Å². The predicted octanol–water partition coefficient (Wildman–Crippen LogP) is 2.39. The minimum Gasteiger partial charge on any atom is -0.452 e. The van der Waals surface area contributed by atoms with E-state index < -0.39 is 30.3 Å². The molecule has 1 aliphatic carbocycles. The number of rotatable bonds is 4. The first-order chi connectivity index (χ1) is 11.5. The van der Waals surface area contributed by atoms with Crippen LogP contribution in [0.5, 0.6) is 0 Å². The molecule has 0 saturated heterocycles. The third-order valence-electron chi connectivity index (χ3n) is 4.11. The Morgan fingerprint density at radius 2 is 1.92 bits per heavy atom. The molecule has 1 saturated carbocycles. The van der Waals surface area contributed by atoms with E-state index in [1.807, 2.05) is 0 Å². The summed E-state index contributed by atoms with van der Waals surface area (Å²) in [5.74, 6) is -2.09. The number of urea groups is 1. The van der Waals surface area contributed by atoms with E-state index in [0.717, 1.165) is 31.7 Å². The molecule has 2 atom stereocenters. The van der Waals surface area contributed by atoms with Crippen LogP contribution >= 0.6 is 0 Å². The van der Waals surface area contributed by atoms with Crippen molar-refractivity contribution in [1.82, 2.24) is 10.6 Å². The van der Waals surface area contributed by atoms with Crippen molar-refractivity contribution in [1.29, 1.82) is 0 Å². The zero-order valence-corrected chi connectivity index (χ0v) is 13.5. The summed E-state index contributed by atoms with van der Waals surface area (Å²) < 4.78 is 18.1. The van der Waals surface area contributed by atoms with Crippen LogP contribution in [0, 0.1) is 11.7 Å². The number of esters is 1. The van der Waals surface area contributed by atoms with Gasteiger partial charge in [-0.1, -0.05) is 31.9 Å². The summed E-state index contributed by atoms with van der Waals surface area (Å²) in [6, 6.07) is 4.73. The Morgan fingerprint density at radius 3 is 2.62 bits per heavy atom. The lowest BCUT2D eigenvalue weighted by molar-refractivity contribution is -0.123. The van der Waals surface area contributed by atoms with Gasteiger partial charge < -0.3 is 10.1 Å². The van der Waals surface area contributed by atoms with Gasteiger partial charge in [0.1, 0.15) is 5.82 Å². The molecule has 2 N–H and O–H groups in total. The lowest BCUT2D eigenvalue weighted by Crippen LogP contribution is -2.48. The quantitative estimate of drug-likeness (QED) is 0.827. The van der Waals surface area contributed by atoms with Crippen molar-refractivity contribution < 1.29 is 23.5 Å². The minimum absolute atomic E-state index is 0.0347. The summed E-state index contributed by atoms with van der Waals surface area (Å²) in [6.45, 7) is 1.41. The van der Waals surface area contributed by atoms with Crippen molar-refractivity contribution >= 4 is 17.9 Å². The third-order valence-corrected chi connectivity index (χ3v) is 4.11. The monoisotopic (exact) mass is 336 g/mol. The molecule has 24 heavy (non-hydrogen) atoms. The zero-order chi connectivity index (χ0) is 17.5. The molecular formula is C17H21FN2O4. The van der Waals surface area contributed by atoms with Crippen LogP contribution in [0.15, 0.2) is 24.3 Å². The van der Waals surface area contributed by atoms with Crippen LogP contribution in [-0.2, 0) is 9.53 Å². The fourth-order valence-corrected chi connectivity index (χ4v) is 2.73. The second kappa shape index (κ2) is 8.42. The lowest BCUT2D eigenvalue weighted by Gasteiger charge is -2.29. The highest BCUT2D eigenvalue weighted by molar-refractivity contribution is 5.97. The van der Waals surface area contributed by atoms with E-state index in [-0.39, 0.29) is 11.6 Å². The van der Waals surface area contributed by atoms with Gasteiger partial charge in [-0.05, 0) is 30.9 Å². The average Bonchev–Trinajstić information content (AvgIpc) is 2.55. The Bertz CT molecular complexity index is 620. The van der Waals surface area contributed by atoms with Gasteiger partial charge >= 0.3 is 12.0 Å². The molecule has 130 valence electrons. The number of benzene rings is 1. The Balaban J connectivity index is 1.75. The highest BCUT2D eigenvalue weighted by Gasteiger charge is 2.23. The van der Waals surface area contributed by atoms with E-state index in [0.29, 0.717) is 5.92 Å². The van der Waals surface area contributed by atoms with Gasteiger partial charge in [0.25, 0.3) is 5.91 Å². The summed E-state index contributed by atoms with van der Waals surface area (Å²) in [4.78, 5) is 35.1. The van der Waals surface area contributed by atoms with Crippen LogP contribution in [0.2, 0.25) is 0 Å². The molecule has 6 nitrogen and oxygen atoms in total. The molecule has 2 rings (SSSR count). The maximum atomic E-state index is 13.4. The Hall–Kier alpha value is -2.44. The van der Waals surface area contributed by atoms with Crippen LogP contribution < -0.4 is 10.6 Å². The molecule has 0 aromatic heterocycles. The van der Waals surface area contributed by atoms with Gasteiger partial charge in [-0.2, -0.15) is 0 Å². The molecule has 0 radical (unpaired) electrons. The van der Waals surface area contributed by atoms with E-state index in [1.54, 1.807) is 0 Å². The summed E-state index contributed by atoms with van der Waals surface area (Å²) in [5.41, 5.74) is -0.259. The Morgan fingerprint density at radius 1 is 1.21 bits per heavy atom. The first-order valence-electron chi connectivity index (χ1n) is 7.99. The largest absolute Gasteiger partial charge is 0.452 e. The van der Waals surface area contributed by atoms with Gasteiger partial charge in [0.15, 0.2) is 6.61 Å². The topological polar surface area (TPSA) is 84.5 Å². The van der Waals surface area contributed by atoms with Gasteiger partial charge in [0, 0.05) is 6.04 Å². The highest BCUT2D eigenvalue weighted by Crippen LogP contribution is 2.23. The van der Waals surface area contributed by atoms with Crippen molar-refractivity contribution in [3.05, 3.63) is 35.6 Å². The van der Waals surface area contributed by atoms with Crippen molar-refractivity contribution in [3.63, 3.8) is 0 Å². The smallest absolute Gasteiger partial charge is 0.341 e. The number of nitrogens with one attached hydrogen (secondary N) is 2. The SMILES string of the molecule is C[C@@H]1CCCC[C@H]1NC(=O)NC(=O)COC(=O)c1ccccc1F. The second-order valence-corrected chi connectivity index (χ2v) is 5.95. The summed E-state index contributed by atoms with van der Waals surface area (Å²) in [6.07, 6.45) is 4.11. The highest BCUT2D eigenvalue weighted by atomic mass is 19.1. The molecule has 1 aromatic carbocycles. The molecule has 1 fully saturated rings. The molecule has 0 spiro atoms. The van der Waals surface area contributed by atoms with Crippen molar-refractivity contribution in [3.8, 4) is 0 Å². The molecule has 3 amide bonds. The molecule has 0 unspecified atom stereocenters. The number of amides is 3. The number of imide groups is 1. The molecule has 0 aliphatic heterocycles. The number of halogens is 1. The normalized spacial score (nSPS) is 20.1. The maximum absolute atomic E-state index is 13.4. The first-order valence-corrected chi connectivity index (χ1v) is 7.99. The van der Waals surface area contributed by atoms with E-state index in [1.165, 1.54) is 18.2 Å². The second-order valence-electron chi connectivity index (χ2n) is 5.95. The van der Waals surface area contributed by atoms with Gasteiger partial charge in [-0.15, -0.1) is 0 Å². The number of hydrogen-bond donors (Lipinski definition) is 2. The number of ether oxygens (including phenoxy) is 1. The number of carbonyl (C=O) groups excluding carboxylic acids is 3. The van der Waals surface area contributed by atoms with Crippen LogP contribution in [0.4, 0.5) is 9.18 Å². The van der Waals surface area contributed by atoms with Crippen molar-refractivity contribution in [2.24, 2.45) is 5.92 Å². The van der Waals surface area contributed by atoms with Crippen molar-refractivity contribution in [2.45, 2.75) is 38.6 Å². The number of hydrogen-bond acceptors (Lipinski definition) is 4. The Labute approximate surface area is 139 Å². The van der Waals surface area contributed by atoms with Gasteiger partial charge in [-0.25, -0.2) is 14.0 Å². The van der Waals surface area contributed by atoms with Gasteiger partial charge in [-0.3, -0.25) is 10.1 Å². The summed E-state index contributed by atoms with van der Waals surface area (Å²) in [5, 5.41) is 4.87. The van der Waals surface area contributed by atoms with Crippen molar-refractivity contribution in [2.75, 3.05) is 6.61 Å². The molecule has 7 heteroatoms. The molecular weight excluding hydrogens is 315 g/mol. The molecule has 1 aliphatic rings. The Kier molecular flexibility index (Phi) is 6.28. The molecule has 0 bridgehead atoms. The molecule has 1 aromatic rings. The summed E-state index contributed by atoms with van der Waals surface area (Å²) in [7, 11) is 0. The average molecular weight is 336 g/mol. The van der Waals surface area contributed by atoms with E-state index in [4.69, 9.17) is 4.74 Å². The standard InChI is InChI=1S/C17H21FN2O4/c1-11-6-2-5-9-14(11)19-17(23)20-15(21)10-24-16(22)12-7-3-4-8-13(12)18/h3-4,7-8,11,14H,2,5-6,9-10H2,1H3,(H2,19,20,21,23)/t11-,14-/m1/s1. The number of carbonyl (C=O) groups is 3.